The van der Waals surface area contributed by atoms with Crippen LogP contribution in [0.2, 0.25) is 0 Å². The average Bonchev–Trinajstić information content (AvgIpc) is 3.14. The molecule has 0 fully saturated rings. The normalized spacial score (nSPS) is 18.0. The molecule has 3 aromatic rings. The van der Waals surface area contributed by atoms with Gasteiger partial charge in [0.1, 0.15) is 5.82 Å². The zero-order valence-corrected chi connectivity index (χ0v) is 11.9. The van der Waals surface area contributed by atoms with Crippen molar-refractivity contribution in [2.75, 3.05) is 6.54 Å². The third-order valence-electron chi connectivity index (χ3n) is 4.29. The van der Waals surface area contributed by atoms with Crippen molar-refractivity contribution in [3.63, 3.8) is 0 Å². The molecule has 1 aliphatic rings. The Morgan fingerprint density at radius 2 is 2.29 bits per heavy atom. The van der Waals surface area contributed by atoms with Crippen LogP contribution in [0.5, 0.6) is 0 Å². The minimum atomic E-state index is 0.688. The second-order valence-corrected chi connectivity index (χ2v) is 5.73. The molecule has 21 heavy (non-hydrogen) atoms. The van der Waals surface area contributed by atoms with E-state index in [9.17, 15) is 0 Å². The topological polar surface area (TPSA) is 47.1 Å². The number of hydrogen-bond acceptors (Lipinski definition) is 3. The molecule has 0 spiro atoms. The highest BCUT2D eigenvalue weighted by Crippen LogP contribution is 2.18. The van der Waals surface area contributed by atoms with Crippen LogP contribution in [-0.2, 0) is 19.5 Å². The lowest BCUT2D eigenvalue weighted by Gasteiger charge is -2.24. The first kappa shape index (κ1) is 12.6. The molecule has 0 saturated heterocycles. The second kappa shape index (κ2) is 5.33. The molecule has 1 atom stereocenters. The molecule has 0 amide bonds. The van der Waals surface area contributed by atoms with Crippen LogP contribution < -0.4 is 5.32 Å². The van der Waals surface area contributed by atoms with Crippen molar-refractivity contribution in [1.29, 1.82) is 0 Å². The Kier molecular flexibility index (Phi) is 3.20. The molecule has 0 saturated carbocycles. The summed E-state index contributed by atoms with van der Waals surface area (Å²) in [7, 11) is 0. The van der Waals surface area contributed by atoms with E-state index in [0.29, 0.717) is 5.92 Å². The number of pyridine rings is 1. The largest absolute Gasteiger partial charge is 0.335 e. The summed E-state index contributed by atoms with van der Waals surface area (Å²) < 4.78 is 4.21. The van der Waals surface area contributed by atoms with Crippen molar-refractivity contribution in [3.8, 4) is 0 Å². The van der Waals surface area contributed by atoms with Gasteiger partial charge in [0.15, 0.2) is 0 Å². The van der Waals surface area contributed by atoms with Crippen LogP contribution in [0.4, 0.5) is 0 Å². The van der Waals surface area contributed by atoms with Crippen LogP contribution in [0.25, 0.3) is 5.52 Å². The van der Waals surface area contributed by atoms with Gasteiger partial charge in [-0.1, -0.05) is 6.07 Å². The van der Waals surface area contributed by atoms with Crippen LogP contribution in [0, 0.1) is 5.92 Å². The van der Waals surface area contributed by atoms with Gasteiger partial charge in [-0.05, 0) is 31.0 Å². The van der Waals surface area contributed by atoms with Gasteiger partial charge in [0.05, 0.1) is 11.7 Å². The molecule has 1 N–H and O–H groups in total. The van der Waals surface area contributed by atoms with Gasteiger partial charge in [-0.15, -0.1) is 0 Å². The molecular weight excluding hydrogens is 262 g/mol. The van der Waals surface area contributed by atoms with Crippen LogP contribution in [-0.4, -0.2) is 25.7 Å². The van der Waals surface area contributed by atoms with E-state index >= 15 is 0 Å². The maximum absolute atomic E-state index is 4.38. The Balaban J connectivity index is 1.36. The summed E-state index contributed by atoms with van der Waals surface area (Å²) in [5.74, 6) is 1.92. The standard InChI is InChI=1S/C16H19N5/c1-2-7-21-15(3-1)14(11-19-21)10-17-9-13-4-5-16-18-6-8-20(16)12-13/h1-3,6-8,11,13,17H,4-5,9-10,12H2. The van der Waals surface area contributed by atoms with Gasteiger partial charge in [-0.25, -0.2) is 9.50 Å². The van der Waals surface area contributed by atoms with Gasteiger partial charge in [0.25, 0.3) is 0 Å². The number of nitrogens with one attached hydrogen (secondary N) is 1. The lowest BCUT2D eigenvalue weighted by molar-refractivity contribution is 0.347. The number of nitrogens with zero attached hydrogens (tertiary/aromatic N) is 4. The van der Waals surface area contributed by atoms with E-state index in [1.165, 1.54) is 23.3 Å². The molecule has 0 bridgehead atoms. The Morgan fingerprint density at radius 1 is 1.29 bits per heavy atom. The fraction of sp³-hybridized carbons (Fsp3) is 0.375. The summed E-state index contributed by atoms with van der Waals surface area (Å²) in [6, 6.07) is 6.17. The number of aryl methyl sites for hydroxylation is 1. The highest BCUT2D eigenvalue weighted by molar-refractivity contribution is 5.53. The molecule has 5 heteroatoms. The second-order valence-electron chi connectivity index (χ2n) is 5.73. The number of hydrogen-bond donors (Lipinski definition) is 1. The Morgan fingerprint density at radius 3 is 3.29 bits per heavy atom. The Hall–Kier alpha value is -2.14. The first-order valence-electron chi connectivity index (χ1n) is 7.52. The zero-order valence-electron chi connectivity index (χ0n) is 11.9. The average molecular weight is 281 g/mol. The highest BCUT2D eigenvalue weighted by Gasteiger charge is 2.18. The van der Waals surface area contributed by atoms with Gasteiger partial charge < -0.3 is 9.88 Å². The van der Waals surface area contributed by atoms with Gasteiger partial charge in [-0.2, -0.15) is 5.10 Å². The first-order chi connectivity index (χ1) is 10.4. The lowest BCUT2D eigenvalue weighted by atomic mass is 9.99. The fourth-order valence-corrected chi connectivity index (χ4v) is 3.14. The molecule has 1 aliphatic heterocycles. The SMILES string of the molecule is c1ccn2ncc(CNCC3CCc4nccn4C3)c2c1. The van der Waals surface area contributed by atoms with E-state index in [1.54, 1.807) is 0 Å². The third-order valence-corrected chi connectivity index (χ3v) is 4.29. The molecular formula is C16H19N5. The van der Waals surface area contributed by atoms with Gasteiger partial charge in [0, 0.05) is 43.7 Å². The molecule has 0 aromatic carbocycles. The monoisotopic (exact) mass is 281 g/mol. The van der Waals surface area contributed by atoms with Crippen molar-refractivity contribution in [2.45, 2.75) is 25.9 Å². The summed E-state index contributed by atoms with van der Waals surface area (Å²) in [5, 5.41) is 7.96. The van der Waals surface area contributed by atoms with Crippen LogP contribution in [0.1, 0.15) is 17.8 Å². The van der Waals surface area contributed by atoms with Gasteiger partial charge >= 0.3 is 0 Å². The zero-order chi connectivity index (χ0) is 14.1. The lowest BCUT2D eigenvalue weighted by Crippen LogP contribution is -2.29. The molecule has 0 aliphatic carbocycles. The number of fused-ring (bicyclic) bond motifs is 2. The summed E-state index contributed by atoms with van der Waals surface area (Å²) >= 11 is 0. The molecule has 1 unspecified atom stereocenters. The van der Waals surface area contributed by atoms with E-state index in [4.69, 9.17) is 0 Å². The molecule has 4 rings (SSSR count). The van der Waals surface area contributed by atoms with Gasteiger partial charge in [-0.3, -0.25) is 0 Å². The minimum absolute atomic E-state index is 0.688. The minimum Gasteiger partial charge on any atom is -0.335 e. The van der Waals surface area contributed by atoms with Crippen molar-refractivity contribution in [1.82, 2.24) is 24.5 Å². The summed E-state index contributed by atoms with van der Waals surface area (Å²) in [5.41, 5.74) is 2.44. The van der Waals surface area contributed by atoms with Gasteiger partial charge in [0.2, 0.25) is 0 Å². The number of rotatable bonds is 4. The molecule has 3 aromatic heterocycles. The van der Waals surface area contributed by atoms with Crippen LogP contribution in [0.3, 0.4) is 0 Å². The summed E-state index contributed by atoms with van der Waals surface area (Å²) in [4.78, 5) is 4.38. The Bertz CT molecular complexity index is 742. The third kappa shape index (κ3) is 2.45. The summed E-state index contributed by atoms with van der Waals surface area (Å²) in [6.45, 7) is 3.00. The van der Waals surface area contributed by atoms with Crippen molar-refractivity contribution >= 4 is 5.52 Å². The summed E-state index contributed by atoms with van der Waals surface area (Å²) in [6.07, 6.45) is 10.3. The van der Waals surface area contributed by atoms with E-state index < -0.39 is 0 Å². The van der Waals surface area contributed by atoms with Crippen LogP contribution in [0.15, 0.2) is 43.0 Å². The van der Waals surface area contributed by atoms with E-state index in [1.807, 2.05) is 29.2 Å². The highest BCUT2D eigenvalue weighted by atomic mass is 15.2. The van der Waals surface area contributed by atoms with Crippen LogP contribution >= 0.6 is 0 Å². The molecule has 0 radical (unpaired) electrons. The molecule has 4 heterocycles. The number of aromatic nitrogens is 4. The van der Waals surface area contributed by atoms with Crippen molar-refractivity contribution in [3.05, 3.63) is 54.4 Å². The van der Waals surface area contributed by atoms with E-state index in [0.717, 1.165) is 26.1 Å². The quantitative estimate of drug-likeness (QED) is 0.794. The smallest absolute Gasteiger partial charge is 0.108 e. The first-order valence-corrected chi connectivity index (χ1v) is 7.52. The number of imidazole rings is 1. The molecule has 108 valence electrons. The van der Waals surface area contributed by atoms with Crippen molar-refractivity contribution < 1.29 is 0 Å². The predicted molar refractivity (Wildman–Crippen MR) is 80.9 cm³/mol. The Labute approximate surface area is 123 Å². The predicted octanol–water partition coefficient (Wildman–Crippen LogP) is 1.88. The fourth-order valence-electron chi connectivity index (χ4n) is 3.14. The van der Waals surface area contributed by atoms with Crippen molar-refractivity contribution in [2.24, 2.45) is 5.92 Å². The molecule has 5 nitrogen and oxygen atoms in total. The van der Waals surface area contributed by atoms with E-state index in [2.05, 4.69) is 38.3 Å². The van der Waals surface area contributed by atoms with E-state index in [-0.39, 0.29) is 0 Å². The maximum Gasteiger partial charge on any atom is 0.108 e. The maximum atomic E-state index is 4.38.